The van der Waals surface area contributed by atoms with Crippen LogP contribution in [0, 0.1) is 6.92 Å². The number of hydrogen-bond donors (Lipinski definition) is 0. The number of aromatic nitrogens is 1. The van der Waals surface area contributed by atoms with Crippen LogP contribution >= 0.6 is 0 Å². The van der Waals surface area contributed by atoms with Crippen LogP contribution in [0.5, 0.6) is 0 Å². The number of aryl methyl sites for hydroxylation is 2. The molecule has 0 atom stereocenters. The van der Waals surface area contributed by atoms with Gasteiger partial charge in [0.25, 0.3) is 0 Å². The second-order valence-corrected chi connectivity index (χ2v) is 15.7. The maximum Gasteiger partial charge on any atom is 0.216 e. The molecule has 0 N–H and O–H groups in total. The van der Waals surface area contributed by atoms with Crippen LogP contribution in [-0.4, -0.2) is 8.07 Å². The summed E-state index contributed by atoms with van der Waals surface area (Å²) >= 11 is 0. The second kappa shape index (κ2) is 7.93. The van der Waals surface area contributed by atoms with Gasteiger partial charge >= 0.3 is 0 Å². The average molecular weight is 473 g/mol. The molecule has 0 aliphatic heterocycles. The monoisotopic (exact) mass is 472 g/mol. The summed E-state index contributed by atoms with van der Waals surface area (Å²) in [5, 5.41) is 6.17. The molecule has 0 aliphatic rings. The van der Waals surface area contributed by atoms with E-state index in [0.717, 1.165) is 33.2 Å². The molecule has 35 heavy (non-hydrogen) atoms. The van der Waals surface area contributed by atoms with E-state index in [1.54, 1.807) is 0 Å². The topological polar surface area (TPSA) is 17.0 Å². The number of benzene rings is 4. The Kier molecular flexibility index (Phi) is 4.94. The van der Waals surface area contributed by atoms with E-state index in [2.05, 4.69) is 129 Å². The van der Waals surface area contributed by atoms with E-state index in [4.69, 9.17) is 4.42 Å². The van der Waals surface area contributed by atoms with Gasteiger partial charge in [-0.3, -0.25) is 0 Å². The molecule has 0 bridgehead atoms. The van der Waals surface area contributed by atoms with Crippen molar-refractivity contribution in [3.8, 4) is 22.4 Å². The standard InChI is InChI=1S/C32H30NOSi/c1-21-10-16-28-27-17-13-23-8-6-7-9-26(23)31(27)34-32(28)30(21)29-20-24(18-19-33(29)2)22-11-14-25(15-12-22)35(3,4)5/h6-20H,1-5H3/q+1. The van der Waals surface area contributed by atoms with E-state index < -0.39 is 8.07 Å². The molecular formula is C32H30NOSi+. The highest BCUT2D eigenvalue weighted by Crippen LogP contribution is 2.40. The van der Waals surface area contributed by atoms with Crippen molar-refractivity contribution in [1.29, 1.82) is 0 Å². The van der Waals surface area contributed by atoms with Crippen LogP contribution in [0.15, 0.2) is 95.5 Å². The molecule has 2 heterocycles. The molecule has 0 aliphatic carbocycles. The predicted molar refractivity (Wildman–Crippen MR) is 151 cm³/mol. The Balaban J connectivity index is 1.57. The summed E-state index contributed by atoms with van der Waals surface area (Å²) in [6.45, 7) is 9.35. The highest BCUT2D eigenvalue weighted by Gasteiger charge is 2.22. The highest BCUT2D eigenvalue weighted by atomic mass is 28.3. The Morgan fingerprint density at radius 2 is 1.40 bits per heavy atom. The van der Waals surface area contributed by atoms with Crippen LogP contribution in [0.25, 0.3) is 55.1 Å². The van der Waals surface area contributed by atoms with Crippen molar-refractivity contribution in [1.82, 2.24) is 0 Å². The fourth-order valence-electron chi connectivity index (χ4n) is 5.15. The molecule has 0 fully saturated rings. The molecule has 0 amide bonds. The van der Waals surface area contributed by atoms with Crippen LogP contribution in [0.4, 0.5) is 0 Å². The maximum atomic E-state index is 6.68. The van der Waals surface area contributed by atoms with Crippen molar-refractivity contribution in [2.45, 2.75) is 26.6 Å². The molecule has 6 rings (SSSR count). The Hall–Kier alpha value is -3.69. The minimum atomic E-state index is -1.32. The van der Waals surface area contributed by atoms with Gasteiger partial charge in [-0.1, -0.05) is 91.6 Å². The largest absolute Gasteiger partial charge is 0.454 e. The van der Waals surface area contributed by atoms with Crippen molar-refractivity contribution in [2.24, 2.45) is 7.05 Å². The molecule has 6 aromatic rings. The number of pyridine rings is 1. The lowest BCUT2D eigenvalue weighted by molar-refractivity contribution is -0.660. The summed E-state index contributed by atoms with van der Waals surface area (Å²) in [5.74, 6) is 0. The number of hydrogen-bond acceptors (Lipinski definition) is 1. The molecule has 2 nitrogen and oxygen atoms in total. The van der Waals surface area contributed by atoms with Crippen molar-refractivity contribution < 1.29 is 8.98 Å². The summed E-state index contributed by atoms with van der Waals surface area (Å²) in [6, 6.07) is 30.9. The molecule has 3 heteroatoms. The molecule has 0 spiro atoms. The first-order valence-electron chi connectivity index (χ1n) is 12.3. The Morgan fingerprint density at radius 3 is 2.17 bits per heavy atom. The quantitative estimate of drug-likeness (QED) is 0.190. The highest BCUT2D eigenvalue weighted by molar-refractivity contribution is 6.88. The van der Waals surface area contributed by atoms with E-state index >= 15 is 0 Å². The number of furan rings is 1. The zero-order valence-electron chi connectivity index (χ0n) is 21.0. The number of fused-ring (bicyclic) bond motifs is 5. The fourth-order valence-corrected chi connectivity index (χ4v) is 6.31. The molecule has 0 radical (unpaired) electrons. The van der Waals surface area contributed by atoms with Crippen LogP contribution in [-0.2, 0) is 7.05 Å². The minimum Gasteiger partial charge on any atom is -0.454 e. The molecular weight excluding hydrogens is 442 g/mol. The van der Waals surface area contributed by atoms with Crippen molar-refractivity contribution in [2.75, 3.05) is 0 Å². The van der Waals surface area contributed by atoms with Crippen LogP contribution in [0.2, 0.25) is 19.6 Å². The lowest BCUT2D eigenvalue weighted by Gasteiger charge is -2.16. The van der Waals surface area contributed by atoms with Gasteiger partial charge in [-0.2, -0.15) is 0 Å². The van der Waals surface area contributed by atoms with Gasteiger partial charge in [0.15, 0.2) is 6.20 Å². The minimum absolute atomic E-state index is 0.957. The van der Waals surface area contributed by atoms with Gasteiger partial charge in [-0.05, 0) is 35.1 Å². The third-order valence-corrected chi connectivity index (χ3v) is 9.30. The first-order chi connectivity index (χ1) is 16.8. The Morgan fingerprint density at radius 1 is 0.686 bits per heavy atom. The number of nitrogens with zero attached hydrogens (tertiary/aromatic N) is 1. The van der Waals surface area contributed by atoms with E-state index in [0.29, 0.717) is 0 Å². The molecule has 2 aromatic heterocycles. The van der Waals surface area contributed by atoms with Crippen LogP contribution < -0.4 is 9.75 Å². The van der Waals surface area contributed by atoms with Gasteiger partial charge in [-0.15, -0.1) is 0 Å². The lowest BCUT2D eigenvalue weighted by atomic mass is 9.97. The third-order valence-electron chi connectivity index (χ3n) is 7.23. The Labute approximate surface area is 207 Å². The summed E-state index contributed by atoms with van der Waals surface area (Å²) in [5.41, 5.74) is 7.91. The van der Waals surface area contributed by atoms with Crippen LogP contribution in [0.1, 0.15) is 5.56 Å². The van der Waals surface area contributed by atoms with Gasteiger partial charge in [0.1, 0.15) is 18.2 Å². The van der Waals surface area contributed by atoms with Gasteiger partial charge in [0.2, 0.25) is 5.69 Å². The summed E-state index contributed by atoms with van der Waals surface area (Å²) in [4.78, 5) is 0. The van der Waals surface area contributed by atoms with Crippen molar-refractivity contribution in [3.63, 3.8) is 0 Å². The average Bonchev–Trinajstić information content (AvgIpc) is 3.23. The SMILES string of the molecule is Cc1ccc2c(oc3c4ccccc4ccc23)c1-c1cc(-c2ccc([Si](C)(C)C)cc2)cc[n+]1C. The molecule has 0 saturated heterocycles. The van der Waals surface area contributed by atoms with Crippen molar-refractivity contribution in [3.05, 3.63) is 96.7 Å². The third kappa shape index (κ3) is 3.58. The fraction of sp³-hybridized carbons (Fsp3) is 0.156. The van der Waals surface area contributed by atoms with Gasteiger partial charge in [0, 0.05) is 28.3 Å². The van der Waals surface area contributed by atoms with Crippen molar-refractivity contribution >= 4 is 46.0 Å². The van der Waals surface area contributed by atoms with Gasteiger partial charge in [-0.25, -0.2) is 4.57 Å². The first-order valence-corrected chi connectivity index (χ1v) is 15.8. The van der Waals surface area contributed by atoms with Crippen LogP contribution in [0.3, 0.4) is 0 Å². The van der Waals surface area contributed by atoms with Gasteiger partial charge < -0.3 is 4.42 Å². The van der Waals surface area contributed by atoms with E-state index in [1.165, 1.54) is 32.6 Å². The lowest BCUT2D eigenvalue weighted by Crippen LogP contribution is -2.37. The second-order valence-electron chi connectivity index (χ2n) is 10.6. The van der Waals surface area contributed by atoms with E-state index in [-0.39, 0.29) is 0 Å². The Bertz CT molecular complexity index is 1740. The van der Waals surface area contributed by atoms with Gasteiger partial charge in [0.05, 0.1) is 13.6 Å². The zero-order valence-corrected chi connectivity index (χ0v) is 22.0. The summed E-state index contributed by atoms with van der Waals surface area (Å²) in [7, 11) is 0.794. The van der Waals surface area contributed by atoms with E-state index in [9.17, 15) is 0 Å². The molecule has 0 unspecified atom stereocenters. The first kappa shape index (κ1) is 21.8. The predicted octanol–water partition coefficient (Wildman–Crippen LogP) is 7.75. The summed E-state index contributed by atoms with van der Waals surface area (Å²) < 4.78 is 8.88. The summed E-state index contributed by atoms with van der Waals surface area (Å²) in [6.07, 6.45) is 2.16. The zero-order chi connectivity index (χ0) is 24.3. The van der Waals surface area contributed by atoms with E-state index in [1.807, 2.05) is 0 Å². The maximum absolute atomic E-state index is 6.68. The normalized spacial score (nSPS) is 12.1. The molecule has 0 saturated carbocycles. The number of rotatable bonds is 3. The molecule has 172 valence electrons. The smallest absolute Gasteiger partial charge is 0.216 e. The molecule has 4 aromatic carbocycles.